The summed E-state index contributed by atoms with van der Waals surface area (Å²) in [7, 11) is -0.502. The predicted octanol–water partition coefficient (Wildman–Crippen LogP) is 1.55. The number of esters is 1. The fourth-order valence-corrected chi connectivity index (χ4v) is 5.71. The first kappa shape index (κ1) is 24.7. The molecule has 0 aliphatic carbocycles. The third kappa shape index (κ3) is 4.36. The number of fused-ring (bicyclic) bond motifs is 2. The van der Waals surface area contributed by atoms with Crippen LogP contribution in [0.15, 0.2) is 6.33 Å². The Morgan fingerprint density at radius 2 is 2.12 bits per heavy atom. The van der Waals surface area contributed by atoms with E-state index in [1.54, 1.807) is 32.8 Å². The lowest BCUT2D eigenvalue weighted by atomic mass is 9.98. The van der Waals surface area contributed by atoms with Crippen LogP contribution in [-0.4, -0.2) is 76.2 Å². The van der Waals surface area contributed by atoms with Crippen molar-refractivity contribution in [1.29, 1.82) is 0 Å². The maximum absolute atomic E-state index is 16.2. The number of nitrogens with one attached hydrogen (secondary N) is 1. The number of hydrogen-bond donors (Lipinski definition) is 2. The van der Waals surface area contributed by atoms with Gasteiger partial charge in [-0.15, -0.1) is 0 Å². The second kappa shape index (κ2) is 8.68. The number of hydrogen-bond acceptors (Lipinski definition) is 11. The second-order valence-corrected chi connectivity index (χ2v) is 10.7. The lowest BCUT2D eigenvalue weighted by Crippen LogP contribution is -2.47. The van der Waals surface area contributed by atoms with E-state index in [2.05, 4.69) is 20.0 Å². The zero-order valence-corrected chi connectivity index (χ0v) is 20.7. The molecule has 188 valence electrons. The molecule has 2 aliphatic rings. The van der Waals surface area contributed by atoms with Gasteiger partial charge in [0.25, 0.3) is 0 Å². The van der Waals surface area contributed by atoms with Gasteiger partial charge in [-0.3, -0.25) is 18.4 Å². The van der Waals surface area contributed by atoms with Gasteiger partial charge in [-0.05, 0) is 27.7 Å². The first-order valence-corrected chi connectivity index (χ1v) is 12.3. The Labute approximate surface area is 195 Å². The van der Waals surface area contributed by atoms with E-state index in [9.17, 15) is 9.36 Å². The summed E-state index contributed by atoms with van der Waals surface area (Å²) < 4.78 is 52.7. The Hall–Kier alpha value is -2.38. The molecule has 6 atom stereocenters. The van der Waals surface area contributed by atoms with Gasteiger partial charge in [-0.25, -0.2) is 19.0 Å². The maximum atomic E-state index is 16.2. The fraction of sp³-hybridized carbons (Fsp3) is 0.684. The summed E-state index contributed by atoms with van der Waals surface area (Å²) in [6.07, 6.45) is -2.33. The molecule has 0 bridgehead atoms. The minimum atomic E-state index is -4.04. The van der Waals surface area contributed by atoms with Crippen LogP contribution in [0.25, 0.3) is 11.2 Å². The van der Waals surface area contributed by atoms with Crippen molar-refractivity contribution >= 4 is 36.6 Å². The van der Waals surface area contributed by atoms with Crippen molar-refractivity contribution in [3.63, 3.8) is 0 Å². The average Bonchev–Trinajstić information content (AvgIpc) is 3.24. The molecule has 2 aliphatic heterocycles. The number of alkyl halides is 1. The highest BCUT2D eigenvalue weighted by Crippen LogP contribution is 2.57. The number of carbonyl (C=O) groups is 1. The molecule has 4 rings (SSSR count). The monoisotopic (exact) mass is 501 g/mol. The van der Waals surface area contributed by atoms with E-state index in [1.807, 2.05) is 0 Å². The van der Waals surface area contributed by atoms with Crippen LogP contribution in [0.2, 0.25) is 0 Å². The van der Waals surface area contributed by atoms with Crippen LogP contribution in [-0.2, 0) is 27.9 Å². The molecule has 4 heterocycles. The molecule has 3 N–H and O–H groups in total. The molecule has 2 fully saturated rings. The van der Waals surface area contributed by atoms with E-state index in [0.717, 1.165) is 0 Å². The van der Waals surface area contributed by atoms with Crippen LogP contribution in [0.4, 0.5) is 16.2 Å². The zero-order chi connectivity index (χ0) is 25.0. The van der Waals surface area contributed by atoms with Gasteiger partial charge in [0.05, 0.1) is 19.0 Å². The summed E-state index contributed by atoms with van der Waals surface area (Å²) in [6, 6.07) is -1.00. The molecule has 2 aromatic heterocycles. The van der Waals surface area contributed by atoms with Crippen molar-refractivity contribution in [1.82, 2.24) is 24.6 Å². The van der Waals surface area contributed by atoms with Gasteiger partial charge in [0.2, 0.25) is 5.95 Å². The highest BCUT2D eigenvalue weighted by molar-refractivity contribution is 7.51. The predicted molar refractivity (Wildman–Crippen MR) is 120 cm³/mol. The first-order chi connectivity index (χ1) is 15.8. The molecule has 0 amide bonds. The van der Waals surface area contributed by atoms with Gasteiger partial charge in [0.15, 0.2) is 28.9 Å². The van der Waals surface area contributed by atoms with E-state index in [1.165, 1.54) is 24.7 Å². The van der Waals surface area contributed by atoms with Gasteiger partial charge in [-0.1, -0.05) is 0 Å². The van der Waals surface area contributed by atoms with Crippen molar-refractivity contribution in [2.75, 3.05) is 31.3 Å². The fourth-order valence-electron chi connectivity index (χ4n) is 3.95. The normalized spacial score (nSPS) is 32.1. The lowest BCUT2D eigenvalue weighted by molar-refractivity contribution is -0.149. The number of halogens is 1. The SMILES string of the molecule is CC(C)OC(=O)[C@H](C)N[P@]1(=O)OC[C@H]2O[C@@H](n3cnc4c(N(C)C)nc(N)nc43)[C@](C)(F)[C@@H]2O1. The Morgan fingerprint density at radius 3 is 2.76 bits per heavy atom. The molecule has 0 saturated carbocycles. The van der Waals surface area contributed by atoms with E-state index >= 15 is 4.39 Å². The third-order valence-electron chi connectivity index (χ3n) is 5.50. The summed E-state index contributed by atoms with van der Waals surface area (Å²) in [4.78, 5) is 26.5. The maximum Gasteiger partial charge on any atom is 0.406 e. The van der Waals surface area contributed by atoms with Crippen LogP contribution in [0.3, 0.4) is 0 Å². The van der Waals surface area contributed by atoms with Crippen molar-refractivity contribution in [2.24, 2.45) is 0 Å². The number of carbonyl (C=O) groups excluding carboxylic acids is 1. The highest BCUT2D eigenvalue weighted by Gasteiger charge is 2.61. The van der Waals surface area contributed by atoms with Gasteiger partial charge in [-0.2, -0.15) is 9.97 Å². The third-order valence-corrected chi connectivity index (χ3v) is 7.19. The summed E-state index contributed by atoms with van der Waals surface area (Å²) >= 11 is 0. The highest BCUT2D eigenvalue weighted by atomic mass is 31.2. The number of ether oxygens (including phenoxy) is 2. The molecule has 34 heavy (non-hydrogen) atoms. The molecule has 0 radical (unpaired) electrons. The number of nitrogens with zero attached hydrogens (tertiary/aromatic N) is 5. The van der Waals surface area contributed by atoms with Crippen LogP contribution >= 0.6 is 7.75 Å². The summed E-state index contributed by atoms with van der Waals surface area (Å²) in [5, 5.41) is 2.51. The smallest absolute Gasteiger partial charge is 0.406 e. The van der Waals surface area contributed by atoms with Crippen molar-refractivity contribution < 1.29 is 32.3 Å². The van der Waals surface area contributed by atoms with Crippen LogP contribution in [0, 0.1) is 0 Å². The molecule has 13 nitrogen and oxygen atoms in total. The van der Waals surface area contributed by atoms with Crippen molar-refractivity contribution in [3.8, 4) is 0 Å². The van der Waals surface area contributed by atoms with Crippen LogP contribution < -0.4 is 15.7 Å². The molecule has 0 unspecified atom stereocenters. The Balaban J connectivity index is 1.60. The molecule has 0 spiro atoms. The van der Waals surface area contributed by atoms with E-state index in [4.69, 9.17) is 24.3 Å². The zero-order valence-electron chi connectivity index (χ0n) is 19.8. The Bertz CT molecular complexity index is 1140. The Morgan fingerprint density at radius 1 is 1.41 bits per heavy atom. The topological polar surface area (TPSA) is 156 Å². The number of nitrogens with two attached hydrogens (primary N) is 1. The van der Waals surface area contributed by atoms with Crippen LogP contribution in [0.5, 0.6) is 0 Å². The van der Waals surface area contributed by atoms with Crippen molar-refractivity contribution in [3.05, 3.63) is 6.33 Å². The minimum absolute atomic E-state index is 0.00974. The molecular weight excluding hydrogens is 472 g/mol. The molecule has 0 aromatic carbocycles. The number of imidazole rings is 1. The second-order valence-electron chi connectivity index (χ2n) is 8.96. The average molecular weight is 501 g/mol. The number of rotatable bonds is 6. The van der Waals surface area contributed by atoms with Crippen molar-refractivity contribution in [2.45, 2.75) is 63.9 Å². The summed E-state index contributed by atoms with van der Waals surface area (Å²) in [5.74, 6) is -0.181. The number of aromatic nitrogens is 4. The van der Waals surface area contributed by atoms with E-state index in [0.29, 0.717) is 11.3 Å². The summed E-state index contributed by atoms with van der Waals surface area (Å²) in [6.45, 7) is 5.89. The molecule has 15 heteroatoms. The molecule has 2 saturated heterocycles. The van der Waals surface area contributed by atoms with E-state index < -0.39 is 43.9 Å². The van der Waals surface area contributed by atoms with Gasteiger partial charge in [0, 0.05) is 14.1 Å². The lowest BCUT2D eigenvalue weighted by Gasteiger charge is -2.35. The quantitative estimate of drug-likeness (QED) is 0.436. The van der Waals surface area contributed by atoms with Gasteiger partial charge in [0.1, 0.15) is 18.2 Å². The Kier molecular flexibility index (Phi) is 6.32. The van der Waals surface area contributed by atoms with Crippen LogP contribution in [0.1, 0.15) is 33.9 Å². The van der Waals surface area contributed by atoms with E-state index in [-0.39, 0.29) is 24.3 Å². The van der Waals surface area contributed by atoms with Gasteiger partial charge >= 0.3 is 13.7 Å². The molecular formula is C19H29FN7O6P. The largest absolute Gasteiger partial charge is 0.462 e. The number of nitrogen functional groups attached to an aromatic ring is 1. The number of anilines is 2. The molecule has 2 aromatic rings. The standard InChI is InChI=1S/C19H29FN7O6P/c1-9(2)31-16(28)10(3)25-34(29)30-7-11-13(33-34)19(4,20)17(32-11)27-8-22-12-14(26(5)6)23-18(21)24-15(12)27/h8-11,13,17H,7H2,1-6H3,(H,25,29)(H2,21,23,24)/t10-,11+,13+,17+,19+,34-/m0/s1. The van der Waals surface area contributed by atoms with Gasteiger partial charge < -0.3 is 20.1 Å². The summed E-state index contributed by atoms with van der Waals surface area (Å²) in [5.41, 5.74) is 4.38. The first-order valence-electron chi connectivity index (χ1n) is 10.8. The minimum Gasteiger partial charge on any atom is -0.462 e.